The van der Waals surface area contributed by atoms with Crippen LogP contribution in [-0.4, -0.2) is 0 Å². The highest BCUT2D eigenvalue weighted by atomic mass is 127. The van der Waals surface area contributed by atoms with Crippen LogP contribution in [0.1, 0.15) is 11.1 Å². The molecule has 28 heavy (non-hydrogen) atoms. The Hall–Kier alpha value is -1.52. The Balaban J connectivity index is 2.05. The van der Waals surface area contributed by atoms with Gasteiger partial charge in [-0.15, -0.1) is 0 Å². The van der Waals surface area contributed by atoms with Crippen molar-refractivity contribution in [2.24, 2.45) is 0 Å². The molecule has 2 nitrogen and oxygen atoms in total. The number of hydrogen-bond donors (Lipinski definition) is 1. The Labute approximate surface area is 188 Å². The zero-order chi connectivity index (χ0) is 20.0. The Bertz CT molecular complexity index is 993. The molecule has 3 aromatic rings. The number of anilines is 1. The van der Waals surface area contributed by atoms with E-state index in [9.17, 15) is 4.57 Å². The fourth-order valence-electron chi connectivity index (χ4n) is 2.52. The molecule has 0 aliphatic rings. The second-order valence-corrected chi connectivity index (χ2v) is 10.1. The van der Waals surface area contributed by atoms with E-state index in [1.54, 1.807) is 11.6 Å². The molecule has 0 fully saturated rings. The summed E-state index contributed by atoms with van der Waals surface area (Å²) in [6.07, 6.45) is 0. The van der Waals surface area contributed by atoms with Gasteiger partial charge in [-0.2, -0.15) is 0 Å². The second kappa shape index (κ2) is 9.80. The first kappa shape index (κ1) is 21.2. The van der Waals surface area contributed by atoms with Crippen molar-refractivity contribution in [2.75, 3.05) is 5.09 Å². The Morgan fingerprint density at radius 1 is 0.750 bits per heavy atom. The fourth-order valence-corrected chi connectivity index (χ4v) is 6.13. The number of hydrogen-bond acceptors (Lipinski definition) is 1. The molecule has 3 rings (SSSR count). The summed E-state index contributed by atoms with van der Waals surface area (Å²) in [4.78, 5) is 0. The number of nitrogens with one attached hydrogen (secondary N) is 1. The van der Waals surface area contributed by atoms with Gasteiger partial charge in [-0.05, 0) is 45.9 Å². The highest BCUT2D eigenvalue weighted by molar-refractivity contribution is 14.1. The minimum atomic E-state index is -3.25. The summed E-state index contributed by atoms with van der Waals surface area (Å²) in [6.45, 7) is 0. The third kappa shape index (κ3) is 5.74. The first-order chi connectivity index (χ1) is 13.5. The molecule has 142 valence electrons. The van der Waals surface area contributed by atoms with Crippen LogP contribution in [-0.2, 0) is 4.57 Å². The van der Waals surface area contributed by atoms with Crippen LogP contribution >= 0.6 is 53.1 Å². The molecular formula is C22H17Cl2INOP. The van der Waals surface area contributed by atoms with Crippen molar-refractivity contribution in [1.82, 2.24) is 0 Å². The summed E-state index contributed by atoms with van der Waals surface area (Å²) in [7, 11) is -3.25. The lowest BCUT2D eigenvalue weighted by molar-refractivity contribution is 0.589. The summed E-state index contributed by atoms with van der Waals surface area (Å²) in [6, 6.07) is 26.5. The van der Waals surface area contributed by atoms with E-state index >= 15 is 0 Å². The first-order valence-corrected chi connectivity index (χ1v) is 12.1. The predicted octanol–water partition coefficient (Wildman–Crippen LogP) is 8.46. The number of benzene rings is 3. The van der Waals surface area contributed by atoms with Gasteiger partial charge < -0.3 is 5.09 Å². The number of halogens is 3. The molecule has 1 N–H and O–H groups in total. The van der Waals surface area contributed by atoms with Crippen LogP contribution < -0.4 is 5.09 Å². The van der Waals surface area contributed by atoms with E-state index in [-0.39, 0.29) is 0 Å². The summed E-state index contributed by atoms with van der Waals surface area (Å²) in [5.41, 5.74) is 2.34. The summed E-state index contributed by atoms with van der Waals surface area (Å²) in [5, 5.41) is 3.95. The molecule has 0 radical (unpaired) electrons. The van der Waals surface area contributed by atoms with Crippen LogP contribution in [0.2, 0.25) is 0 Å². The Morgan fingerprint density at radius 2 is 1.18 bits per heavy atom. The Morgan fingerprint density at radius 3 is 1.64 bits per heavy atom. The van der Waals surface area contributed by atoms with E-state index in [1.165, 1.54) is 0 Å². The standard InChI is InChI=1S/C22H17Cl2INOP/c23-19(17-9-3-1-4-10-17)15-28(27,26-22-14-8-7-13-21(22)25)16-20(24)18-11-5-2-6-12-18/h1-16H,(H,26,27)/b19-15-,20-16+. The zero-order valence-electron chi connectivity index (χ0n) is 14.7. The lowest BCUT2D eigenvalue weighted by atomic mass is 10.2. The van der Waals surface area contributed by atoms with Crippen LogP contribution in [0, 0.1) is 3.57 Å². The Kier molecular flexibility index (Phi) is 7.42. The van der Waals surface area contributed by atoms with Gasteiger partial charge >= 0.3 is 0 Å². The third-order valence-corrected chi connectivity index (χ3v) is 7.65. The van der Waals surface area contributed by atoms with Crippen molar-refractivity contribution in [3.8, 4) is 0 Å². The molecule has 0 bridgehead atoms. The lowest BCUT2D eigenvalue weighted by Crippen LogP contribution is -1.96. The van der Waals surface area contributed by atoms with Crippen LogP contribution in [0.15, 0.2) is 96.6 Å². The van der Waals surface area contributed by atoms with Crippen LogP contribution in [0.25, 0.3) is 10.1 Å². The maximum absolute atomic E-state index is 13.9. The van der Waals surface area contributed by atoms with Gasteiger partial charge in [-0.3, -0.25) is 4.57 Å². The van der Waals surface area contributed by atoms with E-state index in [0.717, 1.165) is 20.4 Å². The predicted molar refractivity (Wildman–Crippen MR) is 131 cm³/mol. The topological polar surface area (TPSA) is 29.1 Å². The first-order valence-electron chi connectivity index (χ1n) is 8.47. The van der Waals surface area contributed by atoms with E-state index in [1.807, 2.05) is 84.9 Å². The van der Waals surface area contributed by atoms with Gasteiger partial charge in [0.25, 0.3) is 0 Å². The van der Waals surface area contributed by atoms with E-state index in [0.29, 0.717) is 10.1 Å². The molecule has 0 aliphatic heterocycles. The highest BCUT2D eigenvalue weighted by Gasteiger charge is 2.20. The molecule has 0 heterocycles. The van der Waals surface area contributed by atoms with Crippen molar-refractivity contribution < 1.29 is 4.57 Å². The largest absolute Gasteiger partial charge is 0.329 e. The van der Waals surface area contributed by atoms with Gasteiger partial charge in [0, 0.05) is 15.2 Å². The number of rotatable bonds is 6. The molecule has 6 heteroatoms. The number of para-hydroxylation sites is 1. The van der Waals surface area contributed by atoms with Gasteiger partial charge in [0.05, 0.1) is 15.8 Å². The van der Waals surface area contributed by atoms with Crippen LogP contribution in [0.5, 0.6) is 0 Å². The average Bonchev–Trinajstić information content (AvgIpc) is 2.71. The fraction of sp³-hybridized carbons (Fsp3) is 0. The molecule has 0 saturated carbocycles. The van der Waals surface area contributed by atoms with Gasteiger partial charge in [0.15, 0.2) is 0 Å². The second-order valence-electron chi connectivity index (χ2n) is 5.99. The molecule has 0 amide bonds. The van der Waals surface area contributed by atoms with Crippen molar-refractivity contribution in [1.29, 1.82) is 0 Å². The maximum Gasteiger partial charge on any atom is 0.216 e. The SMILES string of the molecule is O=P(/C=C(\Cl)c1ccccc1)(/C=C(/Cl)c1ccccc1)Nc1ccccc1I. The monoisotopic (exact) mass is 539 g/mol. The van der Waals surface area contributed by atoms with Crippen LogP contribution in [0.4, 0.5) is 5.69 Å². The molecule has 0 saturated heterocycles. The molecule has 3 aromatic carbocycles. The summed E-state index contributed by atoms with van der Waals surface area (Å²) in [5.74, 6) is 3.11. The van der Waals surface area contributed by atoms with Gasteiger partial charge in [0.1, 0.15) is 0 Å². The zero-order valence-corrected chi connectivity index (χ0v) is 19.3. The minimum absolute atomic E-state index is 0.399. The highest BCUT2D eigenvalue weighted by Crippen LogP contribution is 2.54. The molecule has 0 spiro atoms. The van der Waals surface area contributed by atoms with Gasteiger partial charge in [0.2, 0.25) is 7.29 Å². The van der Waals surface area contributed by atoms with Crippen LogP contribution in [0.3, 0.4) is 0 Å². The molecule has 0 aliphatic carbocycles. The van der Waals surface area contributed by atoms with Crippen molar-refractivity contribution in [3.05, 3.63) is 111 Å². The summed E-state index contributed by atoms with van der Waals surface area (Å²) >= 11 is 15.2. The molecule has 1 unspecified atom stereocenters. The average molecular weight is 540 g/mol. The molecule has 1 atom stereocenters. The minimum Gasteiger partial charge on any atom is -0.329 e. The normalized spacial score (nSPS) is 14.4. The molecular weight excluding hydrogens is 523 g/mol. The van der Waals surface area contributed by atoms with Crippen molar-refractivity contribution >= 4 is 68.8 Å². The molecule has 0 aromatic heterocycles. The van der Waals surface area contributed by atoms with Gasteiger partial charge in [-0.25, -0.2) is 0 Å². The van der Waals surface area contributed by atoms with E-state index in [2.05, 4.69) is 27.7 Å². The third-order valence-electron chi connectivity index (χ3n) is 3.88. The van der Waals surface area contributed by atoms with Crippen molar-refractivity contribution in [2.45, 2.75) is 0 Å². The van der Waals surface area contributed by atoms with E-state index < -0.39 is 7.29 Å². The quantitative estimate of drug-likeness (QED) is 0.251. The summed E-state index contributed by atoms with van der Waals surface area (Å²) < 4.78 is 14.8. The van der Waals surface area contributed by atoms with E-state index in [4.69, 9.17) is 23.2 Å². The van der Waals surface area contributed by atoms with Crippen molar-refractivity contribution in [3.63, 3.8) is 0 Å². The smallest absolute Gasteiger partial charge is 0.216 e. The van der Waals surface area contributed by atoms with Gasteiger partial charge in [-0.1, -0.05) is 96.0 Å². The maximum atomic E-state index is 13.9. The lowest BCUT2D eigenvalue weighted by Gasteiger charge is -2.17.